The number of hydrogen-bond acceptors (Lipinski definition) is 2. The Hall–Kier alpha value is -1.68. The highest BCUT2D eigenvalue weighted by Gasteiger charge is 2.04. The van der Waals surface area contributed by atoms with Gasteiger partial charge in [-0.05, 0) is 13.0 Å². The number of nitrogens with zero attached hydrogens (tertiary/aromatic N) is 2. The lowest BCUT2D eigenvalue weighted by Crippen LogP contribution is -2.29. The Balaban J connectivity index is 1.84. The van der Waals surface area contributed by atoms with E-state index in [4.69, 9.17) is 0 Å². The van der Waals surface area contributed by atoms with E-state index in [0.717, 1.165) is 6.54 Å². The topological polar surface area (TPSA) is 29.9 Å². The minimum absolute atomic E-state index is 0.158. The van der Waals surface area contributed by atoms with E-state index in [0.29, 0.717) is 12.1 Å². The summed E-state index contributed by atoms with van der Waals surface area (Å²) in [6, 6.07) is 7.10. The maximum atomic E-state index is 13.4. The molecule has 0 saturated carbocycles. The van der Waals surface area contributed by atoms with Gasteiger partial charge in [0.05, 0.1) is 6.33 Å². The number of benzene rings is 1. The molecule has 0 amide bonds. The van der Waals surface area contributed by atoms with Crippen LogP contribution in [0.3, 0.4) is 0 Å². The number of halogens is 1. The molecule has 0 radical (unpaired) electrons. The van der Waals surface area contributed by atoms with E-state index in [1.807, 2.05) is 16.8 Å². The van der Waals surface area contributed by atoms with Crippen LogP contribution >= 0.6 is 0 Å². The predicted octanol–water partition coefficient (Wildman–Crippen LogP) is 2.20. The molecule has 0 spiro atoms. The number of nitrogens with one attached hydrogen (secondary N) is 1. The van der Waals surface area contributed by atoms with Crippen molar-refractivity contribution in [2.24, 2.45) is 0 Å². The highest BCUT2D eigenvalue weighted by molar-refractivity contribution is 5.16. The molecule has 3 nitrogen and oxygen atoms in total. The third-order valence-electron chi connectivity index (χ3n) is 2.64. The van der Waals surface area contributed by atoms with Crippen LogP contribution in [0.15, 0.2) is 43.0 Å². The molecule has 1 aromatic carbocycles. The third kappa shape index (κ3) is 3.39. The van der Waals surface area contributed by atoms with E-state index in [2.05, 4.69) is 17.2 Å². The first-order valence-electron chi connectivity index (χ1n) is 5.68. The van der Waals surface area contributed by atoms with E-state index in [9.17, 15) is 4.39 Å². The maximum absolute atomic E-state index is 13.4. The molecule has 0 fully saturated rings. The van der Waals surface area contributed by atoms with Gasteiger partial charge in [0, 0.05) is 37.1 Å². The Labute approximate surface area is 100 Å². The minimum atomic E-state index is -0.158. The van der Waals surface area contributed by atoms with Crippen LogP contribution in [0.5, 0.6) is 0 Å². The van der Waals surface area contributed by atoms with Gasteiger partial charge in [0.15, 0.2) is 0 Å². The van der Waals surface area contributed by atoms with Crippen LogP contribution in [-0.4, -0.2) is 15.6 Å². The summed E-state index contributed by atoms with van der Waals surface area (Å²) in [4.78, 5) is 3.98. The molecule has 1 atom stereocenters. The Kier molecular flexibility index (Phi) is 3.88. The predicted molar refractivity (Wildman–Crippen MR) is 64.9 cm³/mol. The second kappa shape index (κ2) is 5.59. The first-order chi connectivity index (χ1) is 8.25. The molecule has 2 rings (SSSR count). The standard InChI is InChI=1S/C13H16FN3/c1-11(9-17-7-6-15-10-17)16-8-12-4-2-3-5-13(12)14/h2-7,10-11,16H,8-9H2,1H3. The quantitative estimate of drug-likeness (QED) is 0.858. The van der Waals surface area contributed by atoms with E-state index >= 15 is 0 Å². The molecule has 0 saturated heterocycles. The van der Waals surface area contributed by atoms with Gasteiger partial charge in [-0.25, -0.2) is 9.37 Å². The number of rotatable bonds is 5. The Morgan fingerprint density at radius 1 is 1.41 bits per heavy atom. The molecule has 17 heavy (non-hydrogen) atoms. The van der Waals surface area contributed by atoms with Crippen molar-refractivity contribution < 1.29 is 4.39 Å². The smallest absolute Gasteiger partial charge is 0.127 e. The fourth-order valence-corrected chi connectivity index (χ4v) is 1.70. The summed E-state index contributed by atoms with van der Waals surface area (Å²) in [5.74, 6) is -0.158. The van der Waals surface area contributed by atoms with Crippen LogP contribution in [0.1, 0.15) is 12.5 Å². The van der Waals surface area contributed by atoms with Crippen molar-refractivity contribution in [2.45, 2.75) is 26.1 Å². The fraction of sp³-hybridized carbons (Fsp3) is 0.308. The van der Waals surface area contributed by atoms with Gasteiger partial charge in [-0.2, -0.15) is 0 Å². The average molecular weight is 233 g/mol. The fourth-order valence-electron chi connectivity index (χ4n) is 1.70. The Bertz CT molecular complexity index is 453. The van der Waals surface area contributed by atoms with Crippen molar-refractivity contribution in [3.63, 3.8) is 0 Å². The van der Waals surface area contributed by atoms with Crippen molar-refractivity contribution in [3.05, 3.63) is 54.4 Å². The second-order valence-electron chi connectivity index (χ2n) is 4.13. The molecule has 0 aliphatic heterocycles. The molecule has 0 aliphatic rings. The molecule has 4 heteroatoms. The lowest BCUT2D eigenvalue weighted by molar-refractivity contribution is 0.468. The van der Waals surface area contributed by atoms with Crippen molar-refractivity contribution in [1.29, 1.82) is 0 Å². The van der Waals surface area contributed by atoms with Crippen LogP contribution in [0.25, 0.3) is 0 Å². The van der Waals surface area contributed by atoms with Crippen LogP contribution in [0.2, 0.25) is 0 Å². The summed E-state index contributed by atoms with van der Waals surface area (Å²) < 4.78 is 15.4. The largest absolute Gasteiger partial charge is 0.336 e. The van der Waals surface area contributed by atoms with Gasteiger partial charge >= 0.3 is 0 Å². The van der Waals surface area contributed by atoms with Gasteiger partial charge in [0.25, 0.3) is 0 Å². The Morgan fingerprint density at radius 3 is 2.94 bits per heavy atom. The number of hydrogen-bond donors (Lipinski definition) is 1. The molecule has 0 aliphatic carbocycles. The molecule has 1 aromatic heterocycles. The summed E-state index contributed by atoms with van der Waals surface area (Å²) in [5, 5.41) is 3.29. The first kappa shape index (κ1) is 11.8. The molecule has 1 unspecified atom stereocenters. The van der Waals surface area contributed by atoms with Gasteiger partial charge in [-0.3, -0.25) is 0 Å². The third-order valence-corrected chi connectivity index (χ3v) is 2.64. The SMILES string of the molecule is CC(Cn1ccnc1)NCc1ccccc1F. The number of imidazole rings is 1. The van der Waals surface area contributed by atoms with Gasteiger partial charge in [0.1, 0.15) is 5.82 Å². The normalized spacial score (nSPS) is 12.6. The van der Waals surface area contributed by atoms with Crippen LogP contribution in [-0.2, 0) is 13.1 Å². The zero-order valence-corrected chi connectivity index (χ0v) is 9.81. The minimum Gasteiger partial charge on any atom is -0.336 e. The second-order valence-corrected chi connectivity index (χ2v) is 4.13. The summed E-state index contributed by atoms with van der Waals surface area (Å²) in [6.45, 7) is 3.44. The maximum Gasteiger partial charge on any atom is 0.127 e. The summed E-state index contributed by atoms with van der Waals surface area (Å²) in [6.07, 6.45) is 5.45. The molecule has 0 bridgehead atoms. The highest BCUT2D eigenvalue weighted by atomic mass is 19.1. The summed E-state index contributed by atoms with van der Waals surface area (Å²) in [5.41, 5.74) is 0.699. The molecule has 1 N–H and O–H groups in total. The van der Waals surface area contributed by atoms with Crippen molar-refractivity contribution in [3.8, 4) is 0 Å². The molecule has 1 heterocycles. The Morgan fingerprint density at radius 2 is 2.24 bits per heavy atom. The number of aromatic nitrogens is 2. The highest BCUT2D eigenvalue weighted by Crippen LogP contribution is 2.06. The van der Waals surface area contributed by atoms with E-state index in [1.54, 1.807) is 24.7 Å². The van der Waals surface area contributed by atoms with E-state index < -0.39 is 0 Å². The molecular weight excluding hydrogens is 217 g/mol. The van der Waals surface area contributed by atoms with Crippen molar-refractivity contribution in [1.82, 2.24) is 14.9 Å². The molecule has 2 aromatic rings. The van der Waals surface area contributed by atoms with E-state index in [-0.39, 0.29) is 11.9 Å². The zero-order valence-electron chi connectivity index (χ0n) is 9.81. The monoisotopic (exact) mass is 233 g/mol. The van der Waals surface area contributed by atoms with Gasteiger partial charge in [-0.15, -0.1) is 0 Å². The zero-order chi connectivity index (χ0) is 12.1. The van der Waals surface area contributed by atoms with Gasteiger partial charge < -0.3 is 9.88 Å². The molecule has 90 valence electrons. The first-order valence-corrected chi connectivity index (χ1v) is 5.68. The van der Waals surface area contributed by atoms with E-state index in [1.165, 1.54) is 6.07 Å². The van der Waals surface area contributed by atoms with Crippen LogP contribution in [0.4, 0.5) is 4.39 Å². The van der Waals surface area contributed by atoms with Gasteiger partial charge in [0.2, 0.25) is 0 Å². The van der Waals surface area contributed by atoms with Crippen LogP contribution < -0.4 is 5.32 Å². The van der Waals surface area contributed by atoms with Crippen LogP contribution in [0, 0.1) is 5.82 Å². The molecular formula is C13H16FN3. The van der Waals surface area contributed by atoms with Crippen molar-refractivity contribution >= 4 is 0 Å². The van der Waals surface area contributed by atoms with Crippen molar-refractivity contribution in [2.75, 3.05) is 0 Å². The lowest BCUT2D eigenvalue weighted by Gasteiger charge is -2.14. The average Bonchev–Trinajstić information content (AvgIpc) is 2.81. The summed E-state index contributed by atoms with van der Waals surface area (Å²) in [7, 11) is 0. The lowest BCUT2D eigenvalue weighted by atomic mass is 10.2. The van der Waals surface area contributed by atoms with Gasteiger partial charge in [-0.1, -0.05) is 18.2 Å². The summed E-state index contributed by atoms with van der Waals surface area (Å²) >= 11 is 0.